The number of Topliss-reactive ketones (excluding diaryl/α,β-unsaturated/α-hetero) is 1. The van der Waals surface area contributed by atoms with Gasteiger partial charge in [-0.2, -0.15) is 0 Å². The van der Waals surface area contributed by atoms with Gasteiger partial charge in [0.25, 0.3) is 5.91 Å². The number of aliphatic carboxylic acids is 1. The second-order valence-electron chi connectivity index (χ2n) is 8.85. The standard InChI is InChI=1S/C29H25NO8/c1-35-23-10-7-17(11-25(23)36-2)12-26-28(32)21-9-8-20(14-24(21)38-26)37-16-27(31)30-15-19-6-4-3-5-18(19)13-22(30)29(33)34/h3-12,14,22H,13,15-16H2,1-2H3,(H,33,34). The van der Waals surface area contributed by atoms with Crippen molar-refractivity contribution in [2.75, 3.05) is 20.8 Å². The third-order valence-electron chi connectivity index (χ3n) is 6.56. The van der Waals surface area contributed by atoms with E-state index in [9.17, 15) is 19.5 Å². The molecule has 1 atom stereocenters. The maximum Gasteiger partial charge on any atom is 0.326 e. The number of allylic oxidation sites excluding steroid dienone is 1. The Hall–Kier alpha value is -4.79. The van der Waals surface area contributed by atoms with Gasteiger partial charge in [-0.15, -0.1) is 0 Å². The number of carbonyl (C=O) groups excluding carboxylic acids is 2. The summed E-state index contributed by atoms with van der Waals surface area (Å²) in [6.07, 6.45) is 1.84. The van der Waals surface area contributed by atoms with Crippen molar-refractivity contribution in [3.63, 3.8) is 0 Å². The monoisotopic (exact) mass is 515 g/mol. The first-order chi connectivity index (χ1) is 18.4. The minimum atomic E-state index is -1.06. The summed E-state index contributed by atoms with van der Waals surface area (Å²) in [6, 6.07) is 16.4. The molecule has 1 N–H and O–H groups in total. The average molecular weight is 516 g/mol. The second kappa shape index (κ2) is 10.3. The third-order valence-corrected chi connectivity index (χ3v) is 6.56. The topological polar surface area (TPSA) is 112 Å². The van der Waals surface area contributed by atoms with Gasteiger partial charge in [0, 0.05) is 19.0 Å². The summed E-state index contributed by atoms with van der Waals surface area (Å²) in [5.41, 5.74) is 2.89. The molecule has 3 aromatic carbocycles. The number of benzene rings is 3. The summed E-state index contributed by atoms with van der Waals surface area (Å²) < 4.78 is 22.0. The molecular formula is C29H25NO8. The molecule has 5 rings (SSSR count). The van der Waals surface area contributed by atoms with Gasteiger partial charge < -0.3 is 29.0 Å². The van der Waals surface area contributed by atoms with E-state index in [2.05, 4.69) is 0 Å². The molecule has 194 valence electrons. The number of methoxy groups -OCH3 is 2. The number of nitrogens with zero attached hydrogens (tertiary/aromatic N) is 1. The van der Waals surface area contributed by atoms with Crippen molar-refractivity contribution < 1.29 is 38.4 Å². The van der Waals surface area contributed by atoms with Crippen LogP contribution in [0.25, 0.3) is 6.08 Å². The Morgan fingerprint density at radius 1 is 1.03 bits per heavy atom. The highest BCUT2D eigenvalue weighted by Gasteiger charge is 2.35. The molecular weight excluding hydrogens is 490 g/mol. The van der Waals surface area contributed by atoms with Crippen molar-refractivity contribution in [3.05, 3.63) is 88.7 Å². The molecule has 38 heavy (non-hydrogen) atoms. The van der Waals surface area contributed by atoms with Crippen LogP contribution in [0.1, 0.15) is 27.0 Å². The summed E-state index contributed by atoms with van der Waals surface area (Å²) in [7, 11) is 3.07. The van der Waals surface area contributed by atoms with Crippen LogP contribution in [-0.4, -0.2) is 54.5 Å². The van der Waals surface area contributed by atoms with Crippen molar-refractivity contribution in [1.29, 1.82) is 0 Å². The third kappa shape index (κ3) is 4.78. The maximum absolute atomic E-state index is 13.0. The van der Waals surface area contributed by atoms with Crippen molar-refractivity contribution in [2.24, 2.45) is 0 Å². The molecule has 0 saturated carbocycles. The van der Waals surface area contributed by atoms with E-state index in [1.807, 2.05) is 24.3 Å². The summed E-state index contributed by atoms with van der Waals surface area (Å²) in [6.45, 7) is -0.158. The quantitative estimate of drug-likeness (QED) is 0.474. The van der Waals surface area contributed by atoms with Crippen LogP contribution in [0, 0.1) is 0 Å². The number of amides is 1. The lowest BCUT2D eigenvalue weighted by molar-refractivity contribution is -0.152. The Labute approximate surface area is 218 Å². The predicted octanol–water partition coefficient (Wildman–Crippen LogP) is 3.74. The van der Waals surface area contributed by atoms with Crippen LogP contribution >= 0.6 is 0 Å². The molecule has 1 unspecified atom stereocenters. The highest BCUT2D eigenvalue weighted by Crippen LogP contribution is 2.36. The number of ether oxygens (including phenoxy) is 4. The number of hydrogen-bond donors (Lipinski definition) is 1. The number of ketones is 1. The zero-order valence-corrected chi connectivity index (χ0v) is 20.8. The molecule has 9 nitrogen and oxygen atoms in total. The largest absolute Gasteiger partial charge is 0.493 e. The van der Waals surface area contributed by atoms with E-state index in [0.717, 1.165) is 11.1 Å². The number of fused-ring (bicyclic) bond motifs is 2. The Bertz CT molecular complexity index is 1460. The summed E-state index contributed by atoms with van der Waals surface area (Å²) in [5, 5.41) is 9.68. The lowest BCUT2D eigenvalue weighted by Gasteiger charge is -2.34. The average Bonchev–Trinajstić information content (AvgIpc) is 3.24. The van der Waals surface area contributed by atoms with Crippen LogP contribution in [0.5, 0.6) is 23.0 Å². The van der Waals surface area contributed by atoms with Crippen LogP contribution < -0.4 is 18.9 Å². The lowest BCUT2D eigenvalue weighted by Crippen LogP contribution is -2.50. The van der Waals surface area contributed by atoms with Gasteiger partial charge in [-0.3, -0.25) is 9.59 Å². The van der Waals surface area contributed by atoms with E-state index in [0.29, 0.717) is 34.1 Å². The normalized spacial score (nSPS) is 16.9. The zero-order valence-electron chi connectivity index (χ0n) is 20.8. The first kappa shape index (κ1) is 24.9. The fourth-order valence-electron chi connectivity index (χ4n) is 4.58. The Morgan fingerprint density at radius 3 is 2.53 bits per heavy atom. The molecule has 2 aliphatic rings. The van der Waals surface area contributed by atoms with Crippen LogP contribution in [0.2, 0.25) is 0 Å². The van der Waals surface area contributed by atoms with E-state index < -0.39 is 17.9 Å². The van der Waals surface area contributed by atoms with Crippen LogP contribution in [0.3, 0.4) is 0 Å². The van der Waals surface area contributed by atoms with Gasteiger partial charge in [0.1, 0.15) is 17.5 Å². The molecule has 2 heterocycles. The molecule has 9 heteroatoms. The minimum Gasteiger partial charge on any atom is -0.493 e. The van der Waals surface area contributed by atoms with Gasteiger partial charge in [-0.1, -0.05) is 30.3 Å². The lowest BCUT2D eigenvalue weighted by atomic mass is 9.94. The van der Waals surface area contributed by atoms with Crippen LogP contribution in [0.4, 0.5) is 0 Å². The van der Waals surface area contributed by atoms with E-state index in [-0.39, 0.29) is 31.1 Å². The fourth-order valence-corrected chi connectivity index (χ4v) is 4.58. The zero-order chi connectivity index (χ0) is 26.8. The predicted molar refractivity (Wildman–Crippen MR) is 137 cm³/mol. The molecule has 0 spiro atoms. The molecule has 0 aromatic heterocycles. The summed E-state index contributed by atoms with van der Waals surface area (Å²) >= 11 is 0. The highest BCUT2D eigenvalue weighted by atomic mass is 16.5. The Morgan fingerprint density at radius 2 is 1.79 bits per heavy atom. The SMILES string of the molecule is COc1ccc(C=C2Oc3cc(OCC(=O)N4Cc5ccccc5CC4C(=O)O)ccc3C2=O)cc1OC. The van der Waals surface area contributed by atoms with E-state index >= 15 is 0 Å². The van der Waals surface area contributed by atoms with Gasteiger partial charge in [0.05, 0.1) is 19.8 Å². The van der Waals surface area contributed by atoms with E-state index in [4.69, 9.17) is 18.9 Å². The highest BCUT2D eigenvalue weighted by molar-refractivity contribution is 6.14. The molecule has 2 aliphatic heterocycles. The smallest absolute Gasteiger partial charge is 0.326 e. The Kier molecular flexibility index (Phi) is 6.74. The van der Waals surface area contributed by atoms with Gasteiger partial charge >= 0.3 is 5.97 Å². The minimum absolute atomic E-state index is 0.136. The Balaban J connectivity index is 1.28. The number of hydrogen-bond acceptors (Lipinski definition) is 7. The van der Waals surface area contributed by atoms with Crippen molar-refractivity contribution in [1.82, 2.24) is 4.90 Å². The second-order valence-corrected chi connectivity index (χ2v) is 8.85. The molecule has 1 amide bonds. The van der Waals surface area contributed by atoms with E-state index in [1.165, 1.54) is 18.1 Å². The number of rotatable bonds is 7. The molecule has 0 fully saturated rings. The number of carboxylic acids is 1. The van der Waals surface area contributed by atoms with Crippen LogP contribution in [0.15, 0.2) is 66.4 Å². The molecule has 0 radical (unpaired) electrons. The van der Waals surface area contributed by atoms with Gasteiger partial charge in [0.15, 0.2) is 23.9 Å². The van der Waals surface area contributed by atoms with Gasteiger partial charge in [-0.25, -0.2) is 4.79 Å². The van der Waals surface area contributed by atoms with Crippen molar-refractivity contribution in [2.45, 2.75) is 19.0 Å². The summed E-state index contributed by atoms with van der Waals surface area (Å²) in [4.78, 5) is 39.0. The fraction of sp³-hybridized carbons (Fsp3) is 0.207. The molecule has 0 bridgehead atoms. The number of carboxylic acid groups (broad SMARTS) is 1. The van der Waals surface area contributed by atoms with Gasteiger partial charge in [-0.05, 0) is 47.0 Å². The molecule has 3 aromatic rings. The maximum atomic E-state index is 13.0. The van der Waals surface area contributed by atoms with Gasteiger partial charge in [0.2, 0.25) is 5.78 Å². The van der Waals surface area contributed by atoms with E-state index in [1.54, 1.807) is 43.5 Å². The molecule has 0 saturated heterocycles. The van der Waals surface area contributed by atoms with Crippen molar-refractivity contribution in [3.8, 4) is 23.0 Å². The number of carbonyl (C=O) groups is 3. The van der Waals surface area contributed by atoms with Crippen molar-refractivity contribution >= 4 is 23.7 Å². The first-order valence-corrected chi connectivity index (χ1v) is 11.9. The first-order valence-electron chi connectivity index (χ1n) is 11.9. The molecule has 0 aliphatic carbocycles. The summed E-state index contributed by atoms with van der Waals surface area (Å²) in [5.74, 6) is 0.0577. The van der Waals surface area contributed by atoms with Crippen LogP contribution in [-0.2, 0) is 22.6 Å².